The molecule has 32 heavy (non-hydrogen) atoms. The third kappa shape index (κ3) is 3.94. The minimum absolute atomic E-state index is 0.115. The van der Waals surface area contributed by atoms with Crippen LogP contribution >= 0.6 is 0 Å². The standard InChI is InChI=1S/C23H23N5O4/c1-14(2)31-18-10-6-16(7-11-18)22-24-23(32-26-22)21-19-13-30-20(12-28(19)27-25-21)15-4-8-17(29-3)9-5-15/h4-11,14,20H,12-13H2,1-3H3/t20-/m1/s1. The summed E-state index contributed by atoms with van der Waals surface area (Å²) in [6.07, 6.45) is -0.00321. The van der Waals surface area contributed by atoms with Crippen LogP contribution in [0.3, 0.4) is 0 Å². The van der Waals surface area contributed by atoms with Crippen LogP contribution in [0.5, 0.6) is 11.5 Å². The molecule has 1 aliphatic rings. The number of hydrogen-bond acceptors (Lipinski definition) is 8. The summed E-state index contributed by atoms with van der Waals surface area (Å²) >= 11 is 0. The lowest BCUT2D eigenvalue weighted by Gasteiger charge is -2.24. The van der Waals surface area contributed by atoms with E-state index in [0.717, 1.165) is 28.3 Å². The molecule has 0 fully saturated rings. The normalized spacial score (nSPS) is 15.6. The molecule has 164 valence electrons. The van der Waals surface area contributed by atoms with E-state index in [1.807, 2.05) is 67.1 Å². The molecular weight excluding hydrogens is 410 g/mol. The van der Waals surface area contributed by atoms with Crippen molar-refractivity contribution in [2.24, 2.45) is 0 Å². The Morgan fingerprint density at radius 1 is 1.03 bits per heavy atom. The molecule has 2 aromatic carbocycles. The fraction of sp³-hybridized carbons (Fsp3) is 0.304. The summed E-state index contributed by atoms with van der Waals surface area (Å²) in [6, 6.07) is 15.4. The van der Waals surface area contributed by atoms with E-state index >= 15 is 0 Å². The van der Waals surface area contributed by atoms with Crippen LogP contribution < -0.4 is 9.47 Å². The first-order valence-corrected chi connectivity index (χ1v) is 10.4. The van der Waals surface area contributed by atoms with Crippen LogP contribution in [0.15, 0.2) is 53.1 Å². The van der Waals surface area contributed by atoms with Crippen molar-refractivity contribution in [2.75, 3.05) is 7.11 Å². The van der Waals surface area contributed by atoms with Crippen LogP contribution in [0.4, 0.5) is 0 Å². The predicted molar refractivity (Wildman–Crippen MR) is 115 cm³/mol. The molecule has 5 rings (SSSR count). The van der Waals surface area contributed by atoms with Crippen LogP contribution in [0, 0.1) is 0 Å². The molecule has 0 N–H and O–H groups in total. The molecule has 9 nitrogen and oxygen atoms in total. The van der Waals surface area contributed by atoms with Crippen LogP contribution in [-0.2, 0) is 17.9 Å². The quantitative estimate of drug-likeness (QED) is 0.449. The Hall–Kier alpha value is -3.72. The first-order valence-electron chi connectivity index (χ1n) is 10.4. The molecule has 0 saturated heterocycles. The maximum absolute atomic E-state index is 6.08. The molecule has 4 aromatic rings. The average molecular weight is 433 g/mol. The van der Waals surface area contributed by atoms with E-state index in [4.69, 9.17) is 18.7 Å². The van der Waals surface area contributed by atoms with Gasteiger partial charge in [0.05, 0.1) is 32.1 Å². The lowest BCUT2D eigenvalue weighted by atomic mass is 10.1. The van der Waals surface area contributed by atoms with E-state index in [-0.39, 0.29) is 12.2 Å². The summed E-state index contributed by atoms with van der Waals surface area (Å²) in [4.78, 5) is 4.51. The van der Waals surface area contributed by atoms with E-state index in [0.29, 0.717) is 30.6 Å². The van der Waals surface area contributed by atoms with Gasteiger partial charge in [-0.2, -0.15) is 4.98 Å². The van der Waals surface area contributed by atoms with Crippen molar-refractivity contribution in [3.05, 3.63) is 59.8 Å². The first-order chi connectivity index (χ1) is 15.6. The molecule has 2 aromatic heterocycles. The molecule has 0 amide bonds. The number of methoxy groups -OCH3 is 1. The van der Waals surface area contributed by atoms with E-state index in [1.165, 1.54) is 0 Å². The van der Waals surface area contributed by atoms with Gasteiger partial charge in [0.2, 0.25) is 5.82 Å². The molecule has 0 radical (unpaired) electrons. The Balaban J connectivity index is 1.33. The predicted octanol–water partition coefficient (Wildman–Crippen LogP) is 4.06. The second-order valence-corrected chi connectivity index (χ2v) is 7.75. The SMILES string of the molecule is COc1ccc([C@H]2Cn3nnc(-c4nc(-c5ccc(OC(C)C)cc5)no4)c3CO2)cc1. The van der Waals surface area contributed by atoms with Crippen LogP contribution in [0.25, 0.3) is 23.0 Å². The fourth-order valence-electron chi connectivity index (χ4n) is 3.59. The highest BCUT2D eigenvalue weighted by atomic mass is 16.5. The molecule has 1 aliphatic heterocycles. The summed E-state index contributed by atoms with van der Waals surface area (Å²) in [7, 11) is 1.65. The van der Waals surface area contributed by atoms with Gasteiger partial charge in [-0.1, -0.05) is 22.5 Å². The van der Waals surface area contributed by atoms with E-state index in [9.17, 15) is 0 Å². The number of aromatic nitrogens is 5. The largest absolute Gasteiger partial charge is 0.497 e. The summed E-state index contributed by atoms with van der Waals surface area (Å²) < 4.78 is 24.3. The van der Waals surface area contributed by atoms with Crippen molar-refractivity contribution in [3.63, 3.8) is 0 Å². The highest BCUT2D eigenvalue weighted by Crippen LogP contribution is 2.31. The fourth-order valence-corrected chi connectivity index (χ4v) is 3.59. The number of fused-ring (bicyclic) bond motifs is 1. The number of ether oxygens (including phenoxy) is 3. The topological polar surface area (TPSA) is 97.3 Å². The Bertz CT molecular complexity index is 1200. The van der Waals surface area contributed by atoms with Crippen LogP contribution in [0.2, 0.25) is 0 Å². The van der Waals surface area contributed by atoms with Gasteiger partial charge >= 0.3 is 0 Å². The van der Waals surface area contributed by atoms with Gasteiger partial charge in [0, 0.05) is 5.56 Å². The molecule has 0 bridgehead atoms. The monoisotopic (exact) mass is 433 g/mol. The maximum Gasteiger partial charge on any atom is 0.280 e. The van der Waals surface area contributed by atoms with E-state index < -0.39 is 0 Å². The van der Waals surface area contributed by atoms with Gasteiger partial charge in [-0.25, -0.2) is 4.68 Å². The minimum atomic E-state index is -0.118. The van der Waals surface area contributed by atoms with Gasteiger partial charge in [0.25, 0.3) is 5.89 Å². The zero-order valence-corrected chi connectivity index (χ0v) is 18.1. The van der Waals surface area contributed by atoms with E-state index in [2.05, 4.69) is 20.5 Å². The Labute approximate surface area is 184 Å². The first kappa shape index (κ1) is 20.2. The highest BCUT2D eigenvalue weighted by Gasteiger charge is 2.28. The van der Waals surface area contributed by atoms with Crippen molar-refractivity contribution in [1.29, 1.82) is 0 Å². The van der Waals surface area contributed by atoms with Crippen molar-refractivity contribution >= 4 is 0 Å². The van der Waals surface area contributed by atoms with E-state index in [1.54, 1.807) is 7.11 Å². The van der Waals surface area contributed by atoms with Gasteiger partial charge in [0.15, 0.2) is 5.69 Å². The van der Waals surface area contributed by atoms with Gasteiger partial charge in [-0.05, 0) is 55.8 Å². The van der Waals surface area contributed by atoms with Crippen molar-refractivity contribution in [1.82, 2.24) is 25.1 Å². The second-order valence-electron chi connectivity index (χ2n) is 7.75. The van der Waals surface area contributed by atoms with Gasteiger partial charge in [0.1, 0.15) is 17.6 Å². The Morgan fingerprint density at radius 3 is 2.50 bits per heavy atom. The number of hydrogen-bond donors (Lipinski definition) is 0. The van der Waals surface area contributed by atoms with Gasteiger partial charge < -0.3 is 18.7 Å². The van der Waals surface area contributed by atoms with Crippen molar-refractivity contribution in [2.45, 2.75) is 39.2 Å². The van der Waals surface area contributed by atoms with Crippen molar-refractivity contribution < 1.29 is 18.7 Å². The zero-order chi connectivity index (χ0) is 22.1. The smallest absolute Gasteiger partial charge is 0.280 e. The number of benzene rings is 2. The highest BCUT2D eigenvalue weighted by molar-refractivity contribution is 5.59. The Morgan fingerprint density at radius 2 is 1.78 bits per heavy atom. The molecule has 3 heterocycles. The summed E-state index contributed by atoms with van der Waals surface area (Å²) in [5, 5.41) is 12.7. The number of rotatable bonds is 6. The number of nitrogens with zero attached hydrogens (tertiary/aromatic N) is 5. The van der Waals surface area contributed by atoms with Gasteiger partial charge in [-0.3, -0.25) is 0 Å². The second kappa shape index (κ2) is 8.43. The molecular formula is C23H23N5O4. The molecule has 9 heteroatoms. The summed E-state index contributed by atoms with van der Waals surface area (Å²) in [5.41, 5.74) is 3.23. The lowest BCUT2D eigenvalue weighted by molar-refractivity contribution is -0.00119. The summed E-state index contributed by atoms with van der Waals surface area (Å²) in [6.45, 7) is 4.87. The third-order valence-corrected chi connectivity index (χ3v) is 5.20. The maximum atomic E-state index is 6.08. The van der Waals surface area contributed by atoms with Crippen LogP contribution in [0.1, 0.15) is 31.2 Å². The minimum Gasteiger partial charge on any atom is -0.497 e. The van der Waals surface area contributed by atoms with Crippen LogP contribution in [-0.4, -0.2) is 38.3 Å². The molecule has 0 unspecified atom stereocenters. The lowest BCUT2D eigenvalue weighted by Crippen LogP contribution is -2.22. The molecule has 1 atom stereocenters. The zero-order valence-electron chi connectivity index (χ0n) is 18.1. The van der Waals surface area contributed by atoms with Crippen molar-refractivity contribution in [3.8, 4) is 34.5 Å². The summed E-state index contributed by atoms with van der Waals surface area (Å²) in [5.74, 6) is 2.40. The average Bonchev–Trinajstić information content (AvgIpc) is 3.46. The Kier molecular flexibility index (Phi) is 5.32. The third-order valence-electron chi connectivity index (χ3n) is 5.20. The molecule has 0 spiro atoms. The molecule has 0 aliphatic carbocycles. The molecule has 0 saturated carbocycles. The van der Waals surface area contributed by atoms with Gasteiger partial charge in [-0.15, -0.1) is 5.10 Å².